The molecule has 0 aliphatic rings. The van der Waals surface area contributed by atoms with Crippen molar-refractivity contribution in [1.82, 2.24) is 19.7 Å². The zero-order chi connectivity index (χ0) is 18.5. The second-order valence-corrected chi connectivity index (χ2v) is 6.13. The molecule has 1 N–H and O–H groups in total. The largest absolute Gasteiger partial charge is 0.320 e. The van der Waals surface area contributed by atoms with E-state index in [4.69, 9.17) is 0 Å². The summed E-state index contributed by atoms with van der Waals surface area (Å²) in [4.78, 5) is 26.8. The highest BCUT2D eigenvalue weighted by atomic mass is 32.2. The number of hydrogen-bond donors (Lipinski definition) is 1. The van der Waals surface area contributed by atoms with Crippen molar-refractivity contribution in [3.63, 3.8) is 0 Å². The van der Waals surface area contributed by atoms with E-state index in [1.54, 1.807) is 29.9 Å². The molecule has 3 rings (SSSR count). The fourth-order valence-corrected chi connectivity index (χ4v) is 2.92. The minimum atomic E-state index is -0.537. The number of para-hydroxylation sites is 2. The number of anilines is 1. The molecule has 1 aromatic carbocycles. The van der Waals surface area contributed by atoms with Gasteiger partial charge in [-0.3, -0.25) is 19.9 Å². The predicted octanol–water partition coefficient (Wildman–Crippen LogP) is 2.52. The average molecular weight is 370 g/mol. The summed E-state index contributed by atoms with van der Waals surface area (Å²) in [5.74, 6) is 0.263. The first-order valence-corrected chi connectivity index (χ1v) is 8.51. The molecule has 0 aliphatic heterocycles. The Labute approximate surface area is 152 Å². The maximum atomic E-state index is 12.1. The van der Waals surface area contributed by atoms with Crippen LogP contribution < -0.4 is 5.32 Å². The quantitative estimate of drug-likeness (QED) is 0.402. The van der Waals surface area contributed by atoms with Crippen molar-refractivity contribution in [3.05, 3.63) is 58.8 Å². The Hall–Kier alpha value is -3.27. The number of nitrogens with one attached hydrogen (secondary N) is 1. The number of carbonyl (C=O) groups excluding carboxylic acids is 1. The lowest BCUT2D eigenvalue weighted by molar-refractivity contribution is -0.383. The number of carbonyl (C=O) groups is 1. The molecule has 0 aliphatic carbocycles. The summed E-state index contributed by atoms with van der Waals surface area (Å²) in [5, 5.41) is 22.2. The van der Waals surface area contributed by atoms with Crippen LogP contribution in [0.2, 0.25) is 0 Å². The minimum Gasteiger partial charge on any atom is -0.320 e. The first-order valence-electron chi connectivity index (χ1n) is 7.53. The molecule has 0 radical (unpaired) electrons. The number of benzene rings is 1. The lowest BCUT2D eigenvalue weighted by Gasteiger charge is -2.06. The van der Waals surface area contributed by atoms with Gasteiger partial charge in [-0.05, 0) is 18.2 Å². The van der Waals surface area contributed by atoms with Crippen LogP contribution in [0, 0.1) is 10.1 Å². The van der Waals surface area contributed by atoms with Crippen molar-refractivity contribution in [1.29, 1.82) is 0 Å². The number of aromatic nitrogens is 4. The monoisotopic (exact) mass is 370 g/mol. The Bertz CT molecular complexity index is 944. The number of hydrogen-bond acceptors (Lipinski definition) is 7. The van der Waals surface area contributed by atoms with E-state index in [1.807, 2.05) is 18.2 Å². The standard InChI is InChI=1S/C16H14N6O3S/c1-21-15(12-7-4-5-9-17-12)19-20-16(21)26-10-14(23)18-11-6-2-3-8-13(11)22(24)25/h2-9H,10H2,1H3,(H,18,23). The van der Waals surface area contributed by atoms with Gasteiger partial charge in [0.05, 0.1) is 10.7 Å². The Morgan fingerprint density at radius 3 is 2.73 bits per heavy atom. The summed E-state index contributed by atoms with van der Waals surface area (Å²) in [6, 6.07) is 11.5. The van der Waals surface area contributed by atoms with Crippen LogP contribution in [0.25, 0.3) is 11.5 Å². The zero-order valence-corrected chi connectivity index (χ0v) is 14.5. The third-order valence-electron chi connectivity index (χ3n) is 3.44. The van der Waals surface area contributed by atoms with Crippen LogP contribution in [0.1, 0.15) is 0 Å². The Morgan fingerprint density at radius 2 is 2.00 bits per heavy atom. The van der Waals surface area contributed by atoms with Gasteiger partial charge in [0.1, 0.15) is 11.4 Å². The number of nitrogens with zero attached hydrogens (tertiary/aromatic N) is 5. The molecule has 2 aromatic heterocycles. The van der Waals surface area contributed by atoms with E-state index < -0.39 is 4.92 Å². The molecule has 0 atom stereocenters. The molecule has 26 heavy (non-hydrogen) atoms. The lowest BCUT2D eigenvalue weighted by atomic mass is 10.2. The second-order valence-electron chi connectivity index (χ2n) is 5.19. The predicted molar refractivity (Wildman–Crippen MR) is 96.7 cm³/mol. The second kappa shape index (κ2) is 7.74. The topological polar surface area (TPSA) is 116 Å². The van der Waals surface area contributed by atoms with Gasteiger partial charge in [0, 0.05) is 19.3 Å². The summed E-state index contributed by atoms with van der Waals surface area (Å²) < 4.78 is 1.74. The fraction of sp³-hybridized carbons (Fsp3) is 0.125. The summed E-state index contributed by atoms with van der Waals surface area (Å²) >= 11 is 1.18. The molecule has 0 fully saturated rings. The number of amides is 1. The minimum absolute atomic E-state index is 0.0419. The maximum absolute atomic E-state index is 12.1. The van der Waals surface area contributed by atoms with Gasteiger partial charge in [0.2, 0.25) is 5.91 Å². The lowest BCUT2D eigenvalue weighted by Crippen LogP contribution is -2.15. The van der Waals surface area contributed by atoms with Crippen molar-refractivity contribution in [2.75, 3.05) is 11.1 Å². The molecular formula is C16H14N6O3S. The van der Waals surface area contributed by atoms with Crippen LogP contribution in [-0.2, 0) is 11.8 Å². The zero-order valence-electron chi connectivity index (χ0n) is 13.7. The Kier molecular flexibility index (Phi) is 5.23. The van der Waals surface area contributed by atoms with Gasteiger partial charge >= 0.3 is 0 Å². The molecular weight excluding hydrogens is 356 g/mol. The van der Waals surface area contributed by atoms with Crippen molar-refractivity contribution < 1.29 is 9.72 Å². The first-order chi connectivity index (χ1) is 12.6. The van der Waals surface area contributed by atoms with Crippen molar-refractivity contribution in [3.8, 4) is 11.5 Å². The molecule has 1 amide bonds. The molecule has 0 saturated carbocycles. The van der Waals surface area contributed by atoms with Crippen LogP contribution in [0.15, 0.2) is 53.8 Å². The highest BCUT2D eigenvalue weighted by Gasteiger charge is 2.17. The molecule has 10 heteroatoms. The van der Waals surface area contributed by atoms with E-state index in [0.717, 1.165) is 0 Å². The number of nitro groups is 1. The molecule has 0 unspecified atom stereocenters. The van der Waals surface area contributed by atoms with E-state index in [-0.39, 0.29) is 23.0 Å². The van der Waals surface area contributed by atoms with Crippen LogP contribution in [-0.4, -0.2) is 36.3 Å². The molecule has 0 spiro atoms. The van der Waals surface area contributed by atoms with Crippen LogP contribution >= 0.6 is 11.8 Å². The Balaban J connectivity index is 1.66. The van der Waals surface area contributed by atoms with E-state index in [0.29, 0.717) is 16.7 Å². The first kappa shape index (κ1) is 17.5. The van der Waals surface area contributed by atoms with Crippen LogP contribution in [0.4, 0.5) is 11.4 Å². The number of thioether (sulfide) groups is 1. The molecule has 132 valence electrons. The van der Waals surface area contributed by atoms with Crippen molar-refractivity contribution in [2.24, 2.45) is 7.05 Å². The Morgan fingerprint density at radius 1 is 1.23 bits per heavy atom. The number of pyridine rings is 1. The third kappa shape index (κ3) is 3.86. The van der Waals surface area contributed by atoms with Gasteiger partial charge in [0.15, 0.2) is 11.0 Å². The van der Waals surface area contributed by atoms with Gasteiger partial charge in [0.25, 0.3) is 5.69 Å². The molecule has 0 saturated heterocycles. The molecule has 0 bridgehead atoms. The van der Waals surface area contributed by atoms with Gasteiger partial charge in [-0.2, -0.15) is 0 Å². The molecule has 2 heterocycles. The smallest absolute Gasteiger partial charge is 0.292 e. The molecule has 9 nitrogen and oxygen atoms in total. The summed E-state index contributed by atoms with van der Waals surface area (Å²) in [6.45, 7) is 0. The van der Waals surface area contributed by atoms with E-state index in [9.17, 15) is 14.9 Å². The van der Waals surface area contributed by atoms with E-state index in [1.165, 1.54) is 23.9 Å². The highest BCUT2D eigenvalue weighted by Crippen LogP contribution is 2.24. The summed E-state index contributed by atoms with van der Waals surface area (Å²) in [6.07, 6.45) is 1.66. The van der Waals surface area contributed by atoms with Crippen molar-refractivity contribution in [2.45, 2.75) is 5.16 Å². The fourth-order valence-electron chi connectivity index (χ4n) is 2.21. The maximum Gasteiger partial charge on any atom is 0.292 e. The van der Waals surface area contributed by atoms with Crippen LogP contribution in [0.3, 0.4) is 0 Å². The normalized spacial score (nSPS) is 10.5. The average Bonchev–Trinajstić information content (AvgIpc) is 3.01. The van der Waals surface area contributed by atoms with Gasteiger partial charge in [-0.25, -0.2) is 0 Å². The van der Waals surface area contributed by atoms with Gasteiger partial charge in [-0.15, -0.1) is 10.2 Å². The van der Waals surface area contributed by atoms with Crippen LogP contribution in [0.5, 0.6) is 0 Å². The molecule has 3 aromatic rings. The van der Waals surface area contributed by atoms with E-state index >= 15 is 0 Å². The summed E-state index contributed by atoms with van der Waals surface area (Å²) in [7, 11) is 1.78. The summed E-state index contributed by atoms with van der Waals surface area (Å²) in [5.41, 5.74) is 0.691. The van der Waals surface area contributed by atoms with Gasteiger partial charge in [-0.1, -0.05) is 30.0 Å². The highest BCUT2D eigenvalue weighted by molar-refractivity contribution is 7.99. The number of nitro benzene ring substituents is 1. The van der Waals surface area contributed by atoms with Gasteiger partial charge < -0.3 is 9.88 Å². The van der Waals surface area contributed by atoms with Crippen molar-refractivity contribution >= 4 is 29.0 Å². The number of rotatable bonds is 6. The third-order valence-corrected chi connectivity index (χ3v) is 4.46. The SMILES string of the molecule is Cn1c(SCC(=O)Nc2ccccc2[N+](=O)[O-])nnc1-c1ccccn1. The van der Waals surface area contributed by atoms with E-state index in [2.05, 4.69) is 20.5 Å².